The number of allylic oxidation sites excluding steroid dienone is 1. The molecule has 0 aromatic carbocycles. The zero-order chi connectivity index (χ0) is 9.40. The highest BCUT2D eigenvalue weighted by atomic mass is 19.1. The second-order valence-corrected chi connectivity index (χ2v) is 1.94. The van der Waals surface area contributed by atoms with Crippen molar-refractivity contribution in [2.24, 2.45) is 5.73 Å². The van der Waals surface area contributed by atoms with Crippen LogP contribution in [-0.2, 0) is 11.2 Å². The third kappa shape index (κ3) is 5.16. The van der Waals surface area contributed by atoms with E-state index in [4.69, 9.17) is 4.79 Å². The third-order valence-corrected chi connectivity index (χ3v) is 0.951. The Balaban J connectivity index is 0.000000354. The van der Waals surface area contributed by atoms with E-state index in [0.29, 0.717) is 0 Å². The summed E-state index contributed by atoms with van der Waals surface area (Å²) in [5, 5.41) is 6.22. The van der Waals surface area contributed by atoms with Gasteiger partial charge in [0.2, 0.25) is 6.41 Å². The van der Waals surface area contributed by atoms with Gasteiger partial charge in [-0.3, -0.25) is 9.89 Å². The number of hydrogen-bond donors (Lipinski definition) is 2. The third-order valence-electron chi connectivity index (χ3n) is 0.951. The molecule has 1 amide bonds. The minimum atomic E-state index is -0.337. The Morgan fingerprint density at radius 1 is 1.92 bits per heavy atom. The number of H-pyrrole nitrogens is 1. The molecular formula is C7H10FN3O. The molecule has 0 saturated carbocycles. The van der Waals surface area contributed by atoms with Crippen LogP contribution in [0.3, 0.4) is 0 Å². The lowest BCUT2D eigenvalue weighted by Gasteiger charge is -1.86. The number of carbonyl (C=O) groups is 1. The van der Waals surface area contributed by atoms with E-state index < -0.39 is 0 Å². The lowest BCUT2D eigenvalue weighted by molar-refractivity contribution is -0.106. The first-order valence-electron chi connectivity index (χ1n) is 3.17. The van der Waals surface area contributed by atoms with Crippen LogP contribution in [0.15, 0.2) is 24.8 Å². The zero-order valence-electron chi connectivity index (χ0n) is 6.46. The predicted octanol–water partition coefficient (Wildman–Crippen LogP) is 0.537. The molecule has 0 bridgehead atoms. The van der Waals surface area contributed by atoms with Gasteiger partial charge in [-0.1, -0.05) is 6.58 Å². The first-order chi connectivity index (χ1) is 5.70. The summed E-state index contributed by atoms with van der Waals surface area (Å²) in [6.07, 6.45) is 3.73. The van der Waals surface area contributed by atoms with Crippen molar-refractivity contribution >= 4 is 6.41 Å². The molecule has 0 aliphatic heterocycles. The normalized spacial score (nSPS) is 8.08. The molecule has 1 heterocycles. The fourth-order valence-corrected chi connectivity index (χ4v) is 0.596. The van der Waals surface area contributed by atoms with Crippen molar-refractivity contribution in [1.29, 1.82) is 0 Å². The zero-order valence-corrected chi connectivity index (χ0v) is 6.46. The Hall–Kier alpha value is -1.65. The maximum absolute atomic E-state index is 12.0. The largest absolute Gasteiger partial charge is 0.372 e. The van der Waals surface area contributed by atoms with E-state index in [1.165, 1.54) is 0 Å². The highest BCUT2D eigenvalue weighted by molar-refractivity contribution is 5.42. The van der Waals surface area contributed by atoms with E-state index >= 15 is 0 Å². The van der Waals surface area contributed by atoms with Gasteiger partial charge in [0, 0.05) is 12.6 Å². The monoisotopic (exact) mass is 171 g/mol. The van der Waals surface area contributed by atoms with Crippen molar-refractivity contribution in [2.75, 3.05) is 0 Å². The summed E-state index contributed by atoms with van der Waals surface area (Å²) in [6.45, 7) is 3.12. The Morgan fingerprint density at radius 2 is 2.50 bits per heavy atom. The Labute approximate surface area is 69.3 Å². The molecule has 0 radical (unpaired) electrons. The Kier molecular flexibility index (Phi) is 5.25. The minimum Gasteiger partial charge on any atom is -0.372 e. The molecule has 12 heavy (non-hydrogen) atoms. The van der Waals surface area contributed by atoms with Gasteiger partial charge in [-0.05, 0) is 5.56 Å². The van der Waals surface area contributed by atoms with E-state index in [1.807, 2.05) is 0 Å². The summed E-state index contributed by atoms with van der Waals surface area (Å²) < 4.78 is 12.0. The van der Waals surface area contributed by atoms with Crippen LogP contribution in [0.5, 0.6) is 0 Å². The molecule has 4 nitrogen and oxygen atoms in total. The van der Waals surface area contributed by atoms with Crippen LogP contribution in [0.4, 0.5) is 4.39 Å². The van der Waals surface area contributed by atoms with Crippen molar-refractivity contribution in [2.45, 2.75) is 6.42 Å². The van der Waals surface area contributed by atoms with Gasteiger partial charge in [0.1, 0.15) is 0 Å². The number of aromatic amines is 1. The van der Waals surface area contributed by atoms with Gasteiger partial charge in [-0.25, -0.2) is 4.39 Å². The maximum atomic E-state index is 12.0. The average Bonchev–Trinajstić information content (AvgIpc) is 2.40. The van der Waals surface area contributed by atoms with Crippen LogP contribution in [0.1, 0.15) is 5.56 Å². The lowest BCUT2D eigenvalue weighted by Crippen LogP contribution is -1.82. The molecule has 0 spiro atoms. The molecule has 0 unspecified atom stereocenters. The van der Waals surface area contributed by atoms with E-state index in [2.05, 4.69) is 22.5 Å². The van der Waals surface area contributed by atoms with Gasteiger partial charge in [0.25, 0.3) is 0 Å². The lowest BCUT2D eigenvalue weighted by atomic mass is 10.2. The quantitative estimate of drug-likeness (QED) is 0.637. The fraction of sp³-hybridized carbons (Fsp3) is 0.143. The summed E-state index contributed by atoms with van der Waals surface area (Å²) in [5.74, 6) is -0.337. The van der Waals surface area contributed by atoms with Crippen LogP contribution in [-0.4, -0.2) is 16.6 Å². The molecule has 0 saturated heterocycles. The highest BCUT2D eigenvalue weighted by Crippen LogP contribution is 2.03. The number of hydrogen-bond acceptors (Lipinski definition) is 2. The Morgan fingerprint density at radius 3 is 2.83 bits per heavy atom. The summed E-state index contributed by atoms with van der Waals surface area (Å²) >= 11 is 0. The standard InChI is InChI=1S/C6H7FN2.CH3NO/c1-5(7)2-6-3-8-9-4-6;2-1-3/h3-4H,1-2H2,(H,8,9);1H,(H2,2,3). The number of nitrogens with one attached hydrogen (secondary N) is 1. The second kappa shape index (κ2) is 6.09. The molecule has 1 rings (SSSR count). The van der Waals surface area contributed by atoms with Crippen LogP contribution in [0, 0.1) is 0 Å². The summed E-state index contributed by atoms with van der Waals surface area (Å²) in [5.41, 5.74) is 4.99. The highest BCUT2D eigenvalue weighted by Gasteiger charge is 1.94. The number of halogens is 1. The van der Waals surface area contributed by atoms with E-state index in [0.717, 1.165) is 5.56 Å². The molecule has 0 atom stereocenters. The molecule has 0 aliphatic rings. The molecular weight excluding hydrogens is 161 g/mol. The van der Waals surface area contributed by atoms with Gasteiger partial charge in [-0.2, -0.15) is 5.10 Å². The minimum absolute atomic E-state index is 0.250. The second-order valence-electron chi connectivity index (χ2n) is 1.94. The van der Waals surface area contributed by atoms with E-state index in [1.54, 1.807) is 12.4 Å². The Bertz CT molecular complexity index is 233. The van der Waals surface area contributed by atoms with E-state index in [-0.39, 0.29) is 18.7 Å². The molecule has 5 heteroatoms. The molecule has 1 aromatic rings. The smallest absolute Gasteiger partial charge is 0.204 e. The first kappa shape index (κ1) is 10.3. The first-order valence-corrected chi connectivity index (χ1v) is 3.17. The van der Waals surface area contributed by atoms with Gasteiger partial charge in [-0.15, -0.1) is 0 Å². The molecule has 3 N–H and O–H groups in total. The van der Waals surface area contributed by atoms with Gasteiger partial charge < -0.3 is 5.73 Å². The van der Waals surface area contributed by atoms with Gasteiger partial charge in [0.15, 0.2) is 0 Å². The number of nitrogens with two attached hydrogens (primary N) is 1. The van der Waals surface area contributed by atoms with Crippen molar-refractivity contribution in [3.8, 4) is 0 Å². The molecule has 0 fully saturated rings. The van der Waals surface area contributed by atoms with Gasteiger partial charge in [0.05, 0.1) is 12.0 Å². The number of carbonyl (C=O) groups excluding carboxylic acids is 1. The summed E-state index contributed by atoms with van der Waals surface area (Å²) in [4.78, 5) is 8.58. The van der Waals surface area contributed by atoms with Crippen molar-refractivity contribution in [3.05, 3.63) is 30.4 Å². The maximum Gasteiger partial charge on any atom is 0.204 e. The topological polar surface area (TPSA) is 71.8 Å². The van der Waals surface area contributed by atoms with Crippen molar-refractivity contribution in [1.82, 2.24) is 10.2 Å². The summed E-state index contributed by atoms with van der Waals surface area (Å²) in [6, 6.07) is 0. The number of primary amides is 1. The van der Waals surface area contributed by atoms with Crippen LogP contribution in [0.25, 0.3) is 0 Å². The molecule has 66 valence electrons. The SMILES string of the molecule is C=C(F)Cc1cn[nH]c1.NC=O. The van der Waals surface area contributed by atoms with Crippen molar-refractivity contribution in [3.63, 3.8) is 0 Å². The molecule has 0 aliphatic carbocycles. The number of aromatic nitrogens is 2. The van der Waals surface area contributed by atoms with E-state index in [9.17, 15) is 4.39 Å². The summed E-state index contributed by atoms with van der Waals surface area (Å²) in [7, 11) is 0. The van der Waals surface area contributed by atoms with Gasteiger partial charge >= 0.3 is 0 Å². The van der Waals surface area contributed by atoms with Crippen molar-refractivity contribution < 1.29 is 9.18 Å². The van der Waals surface area contributed by atoms with Crippen LogP contribution < -0.4 is 5.73 Å². The number of nitrogens with zero attached hydrogens (tertiary/aromatic N) is 1. The fourth-order valence-electron chi connectivity index (χ4n) is 0.596. The van der Waals surface area contributed by atoms with Crippen LogP contribution in [0.2, 0.25) is 0 Å². The van der Waals surface area contributed by atoms with Crippen LogP contribution >= 0.6 is 0 Å². The number of amides is 1. The average molecular weight is 171 g/mol. The predicted molar refractivity (Wildman–Crippen MR) is 42.8 cm³/mol. The number of rotatable bonds is 2. The molecule has 1 aromatic heterocycles.